The monoisotopic (exact) mass is 346 g/mol. The van der Waals surface area contributed by atoms with Crippen molar-refractivity contribution in [3.63, 3.8) is 0 Å². The van der Waals surface area contributed by atoms with Gasteiger partial charge in [-0.2, -0.15) is 0 Å². The maximum Gasteiger partial charge on any atom is 0.127 e. The third-order valence-electron chi connectivity index (χ3n) is 3.30. The molecule has 1 atom stereocenters. The van der Waals surface area contributed by atoms with Crippen LogP contribution in [0.2, 0.25) is 15.1 Å². The first-order valence-corrected chi connectivity index (χ1v) is 7.68. The molecule has 20 heavy (non-hydrogen) atoms. The average Bonchev–Trinajstić information content (AvgIpc) is 2.85. The molecule has 0 N–H and O–H groups in total. The van der Waals surface area contributed by atoms with E-state index in [9.17, 15) is 0 Å². The van der Waals surface area contributed by atoms with E-state index in [2.05, 4.69) is 0 Å². The van der Waals surface area contributed by atoms with E-state index >= 15 is 0 Å². The van der Waals surface area contributed by atoms with Gasteiger partial charge < -0.3 is 4.74 Å². The lowest BCUT2D eigenvalue weighted by molar-refractivity contribution is 0.353. The van der Waals surface area contributed by atoms with Crippen molar-refractivity contribution in [3.05, 3.63) is 62.1 Å². The molecule has 1 aliphatic heterocycles. The second-order valence-electron chi connectivity index (χ2n) is 4.58. The molecule has 104 valence electrons. The summed E-state index contributed by atoms with van der Waals surface area (Å²) in [7, 11) is 0. The second kappa shape index (κ2) is 5.65. The number of rotatable bonds is 2. The molecular formula is C15H10Cl4O. The third kappa shape index (κ3) is 2.48. The van der Waals surface area contributed by atoms with E-state index in [4.69, 9.17) is 51.1 Å². The zero-order chi connectivity index (χ0) is 14.3. The number of benzene rings is 2. The van der Waals surface area contributed by atoms with E-state index in [0.717, 1.165) is 23.3 Å². The van der Waals surface area contributed by atoms with Crippen LogP contribution >= 0.6 is 46.4 Å². The van der Waals surface area contributed by atoms with Gasteiger partial charge in [0.05, 0.1) is 12.0 Å². The highest BCUT2D eigenvalue weighted by Gasteiger charge is 2.26. The molecule has 0 aromatic heterocycles. The van der Waals surface area contributed by atoms with Gasteiger partial charge in [-0.15, -0.1) is 11.6 Å². The highest BCUT2D eigenvalue weighted by Crippen LogP contribution is 2.45. The summed E-state index contributed by atoms with van der Waals surface area (Å²) in [6.45, 7) is 0.641. The minimum absolute atomic E-state index is 0.498. The summed E-state index contributed by atoms with van der Waals surface area (Å²) in [5.74, 6) is 0.797. The predicted octanol–water partition coefficient (Wildman–Crippen LogP) is 5.91. The van der Waals surface area contributed by atoms with Crippen LogP contribution in [0.25, 0.3) is 0 Å². The lowest BCUT2D eigenvalue weighted by atomic mass is 10.0. The third-order valence-corrected chi connectivity index (χ3v) is 4.63. The van der Waals surface area contributed by atoms with E-state index in [-0.39, 0.29) is 0 Å². The maximum absolute atomic E-state index is 6.59. The number of hydrogen-bond donors (Lipinski definition) is 0. The quantitative estimate of drug-likeness (QED) is 0.613. The van der Waals surface area contributed by atoms with Crippen LogP contribution < -0.4 is 4.74 Å². The van der Waals surface area contributed by atoms with Gasteiger partial charge in [-0.1, -0.05) is 40.9 Å². The van der Waals surface area contributed by atoms with Crippen molar-refractivity contribution in [1.29, 1.82) is 0 Å². The Morgan fingerprint density at radius 3 is 2.45 bits per heavy atom. The van der Waals surface area contributed by atoms with E-state index in [1.165, 1.54) is 0 Å². The van der Waals surface area contributed by atoms with Crippen LogP contribution in [-0.4, -0.2) is 6.61 Å². The number of alkyl halides is 1. The van der Waals surface area contributed by atoms with Gasteiger partial charge in [-0.05, 0) is 29.8 Å². The zero-order valence-corrected chi connectivity index (χ0v) is 13.3. The van der Waals surface area contributed by atoms with Gasteiger partial charge in [0.15, 0.2) is 0 Å². The largest absolute Gasteiger partial charge is 0.493 e. The minimum Gasteiger partial charge on any atom is -0.493 e. The fourth-order valence-electron chi connectivity index (χ4n) is 2.39. The molecule has 1 aliphatic rings. The summed E-state index contributed by atoms with van der Waals surface area (Å²) in [5, 5.41) is 1.20. The fourth-order valence-corrected chi connectivity index (χ4v) is 3.77. The number of fused-ring (bicyclic) bond motifs is 1. The molecule has 2 aromatic rings. The number of ether oxygens (including phenoxy) is 1. The molecule has 0 saturated heterocycles. The van der Waals surface area contributed by atoms with Crippen molar-refractivity contribution in [1.82, 2.24) is 0 Å². The first-order valence-electron chi connectivity index (χ1n) is 6.11. The summed E-state index contributed by atoms with van der Waals surface area (Å²) in [6, 6.07) is 9.04. The van der Waals surface area contributed by atoms with Gasteiger partial charge in [-0.3, -0.25) is 0 Å². The van der Waals surface area contributed by atoms with E-state index < -0.39 is 5.38 Å². The summed E-state index contributed by atoms with van der Waals surface area (Å²) in [5.41, 5.74) is 2.56. The molecule has 0 fully saturated rings. The van der Waals surface area contributed by atoms with Gasteiger partial charge in [0, 0.05) is 32.6 Å². The lowest BCUT2D eigenvalue weighted by Gasteiger charge is -2.17. The highest BCUT2D eigenvalue weighted by atomic mass is 35.5. The van der Waals surface area contributed by atoms with Crippen molar-refractivity contribution < 1.29 is 4.74 Å². The number of halogens is 4. The molecule has 3 rings (SSSR count). The van der Waals surface area contributed by atoms with Crippen molar-refractivity contribution >= 4 is 46.4 Å². The molecule has 1 unspecified atom stereocenters. The molecule has 2 aromatic carbocycles. The van der Waals surface area contributed by atoms with Gasteiger partial charge in [0.2, 0.25) is 0 Å². The van der Waals surface area contributed by atoms with Crippen molar-refractivity contribution in [3.8, 4) is 5.75 Å². The average molecular weight is 348 g/mol. The first-order chi connectivity index (χ1) is 9.58. The molecule has 0 spiro atoms. The van der Waals surface area contributed by atoms with E-state index in [1.54, 1.807) is 18.2 Å². The minimum atomic E-state index is -0.498. The standard InChI is InChI=1S/C15H10Cl4O/c16-9-6-8-4-5-20-15(8)10(7-9)14(19)13-11(17)2-1-3-12(13)18/h1-3,6-7,14H,4-5H2. The van der Waals surface area contributed by atoms with Crippen LogP contribution in [0.15, 0.2) is 30.3 Å². The summed E-state index contributed by atoms with van der Waals surface area (Å²) in [4.78, 5) is 0. The van der Waals surface area contributed by atoms with E-state index in [0.29, 0.717) is 27.2 Å². The SMILES string of the molecule is Clc1cc2c(c(C(Cl)c3c(Cl)cccc3Cl)c1)OCC2. The van der Waals surface area contributed by atoms with Crippen LogP contribution in [0.4, 0.5) is 0 Å². The highest BCUT2D eigenvalue weighted by molar-refractivity contribution is 6.38. The van der Waals surface area contributed by atoms with Crippen LogP contribution in [0.5, 0.6) is 5.75 Å². The topological polar surface area (TPSA) is 9.23 Å². The molecule has 1 heterocycles. The van der Waals surface area contributed by atoms with Crippen LogP contribution in [0, 0.1) is 0 Å². The van der Waals surface area contributed by atoms with Crippen molar-refractivity contribution in [2.75, 3.05) is 6.61 Å². The Bertz CT molecular complexity index is 649. The molecule has 0 saturated carbocycles. The van der Waals surface area contributed by atoms with E-state index in [1.807, 2.05) is 12.1 Å². The van der Waals surface area contributed by atoms with Gasteiger partial charge in [0.25, 0.3) is 0 Å². The molecule has 1 nitrogen and oxygen atoms in total. The Hall–Kier alpha value is -0.600. The van der Waals surface area contributed by atoms with Gasteiger partial charge >= 0.3 is 0 Å². The molecule has 0 bridgehead atoms. The zero-order valence-electron chi connectivity index (χ0n) is 10.3. The predicted molar refractivity (Wildman–Crippen MR) is 84.8 cm³/mol. The Morgan fingerprint density at radius 2 is 1.75 bits per heavy atom. The summed E-state index contributed by atoms with van der Waals surface area (Å²) >= 11 is 25.2. The molecule has 0 radical (unpaired) electrons. The molecule has 5 heteroatoms. The Labute approximate surface area is 137 Å². The smallest absolute Gasteiger partial charge is 0.127 e. The lowest BCUT2D eigenvalue weighted by Crippen LogP contribution is -1.99. The Morgan fingerprint density at radius 1 is 1.05 bits per heavy atom. The Kier molecular flexibility index (Phi) is 4.05. The van der Waals surface area contributed by atoms with Crippen LogP contribution in [0.1, 0.15) is 22.1 Å². The van der Waals surface area contributed by atoms with Gasteiger partial charge in [-0.25, -0.2) is 0 Å². The summed E-state index contributed by atoms with van der Waals surface area (Å²) < 4.78 is 5.68. The second-order valence-corrected chi connectivity index (χ2v) is 6.27. The molecule has 0 amide bonds. The van der Waals surface area contributed by atoms with Crippen LogP contribution in [-0.2, 0) is 6.42 Å². The number of hydrogen-bond acceptors (Lipinski definition) is 1. The fraction of sp³-hybridized carbons (Fsp3) is 0.200. The first kappa shape index (κ1) is 14.3. The molecular weight excluding hydrogens is 338 g/mol. The molecule has 0 aliphatic carbocycles. The summed E-state index contributed by atoms with van der Waals surface area (Å²) in [6.07, 6.45) is 0.836. The van der Waals surface area contributed by atoms with Crippen LogP contribution in [0.3, 0.4) is 0 Å². The van der Waals surface area contributed by atoms with Crippen molar-refractivity contribution in [2.45, 2.75) is 11.8 Å². The van der Waals surface area contributed by atoms with Crippen molar-refractivity contribution in [2.24, 2.45) is 0 Å². The Balaban J connectivity index is 2.14. The maximum atomic E-state index is 6.59. The van der Waals surface area contributed by atoms with Gasteiger partial charge in [0.1, 0.15) is 5.75 Å². The normalized spacial score (nSPS) is 14.8.